The van der Waals surface area contributed by atoms with Crippen molar-refractivity contribution in [3.05, 3.63) is 47.9 Å². The van der Waals surface area contributed by atoms with Gasteiger partial charge in [0.2, 0.25) is 0 Å². The molecule has 1 fully saturated rings. The number of hydrogen-bond donors (Lipinski definition) is 1. The lowest BCUT2D eigenvalue weighted by Crippen LogP contribution is -2.23. The Morgan fingerprint density at radius 2 is 2.12 bits per heavy atom. The molecule has 1 aromatic carbocycles. The molecule has 134 valence electrons. The molecule has 1 saturated heterocycles. The van der Waals surface area contributed by atoms with Crippen molar-refractivity contribution >= 4 is 10.8 Å². The van der Waals surface area contributed by atoms with E-state index in [0.29, 0.717) is 42.8 Å². The molecular weight excluding hydrogens is 333 g/mol. The van der Waals surface area contributed by atoms with Crippen molar-refractivity contribution in [3.63, 3.8) is 0 Å². The lowest BCUT2D eigenvalue weighted by molar-refractivity contribution is 0.105. The van der Waals surface area contributed by atoms with Gasteiger partial charge in [0, 0.05) is 41.8 Å². The van der Waals surface area contributed by atoms with Crippen LogP contribution in [0.25, 0.3) is 22.0 Å². The number of alkyl halides is 1. The maximum Gasteiger partial charge on any atom is 0.136 e. The molecule has 4 rings (SSSR count). The molecule has 1 aliphatic rings. The van der Waals surface area contributed by atoms with E-state index < -0.39 is 5.67 Å². The van der Waals surface area contributed by atoms with Crippen LogP contribution in [0.1, 0.15) is 24.1 Å². The van der Waals surface area contributed by atoms with Crippen LogP contribution in [-0.2, 0) is 11.2 Å². The second-order valence-electron chi connectivity index (χ2n) is 6.89. The molecule has 0 spiro atoms. The third-order valence-corrected chi connectivity index (χ3v) is 4.93. The van der Waals surface area contributed by atoms with Crippen LogP contribution in [-0.4, -0.2) is 39.2 Å². The predicted molar refractivity (Wildman–Crippen MR) is 96.8 cm³/mol. The van der Waals surface area contributed by atoms with E-state index in [2.05, 4.69) is 15.2 Å². The Bertz CT molecular complexity index is 955. The van der Waals surface area contributed by atoms with E-state index in [1.54, 1.807) is 18.5 Å². The summed E-state index contributed by atoms with van der Waals surface area (Å²) >= 11 is 0. The molecule has 0 amide bonds. The summed E-state index contributed by atoms with van der Waals surface area (Å²) in [5, 5.41) is 20.7. The molecule has 1 aliphatic heterocycles. The van der Waals surface area contributed by atoms with Crippen molar-refractivity contribution in [1.29, 1.82) is 0 Å². The largest absolute Gasteiger partial charge is 0.507 e. The first-order chi connectivity index (χ1) is 12.6. The smallest absolute Gasteiger partial charge is 0.136 e. The number of aromatic nitrogens is 3. The van der Waals surface area contributed by atoms with Gasteiger partial charge < -0.3 is 9.84 Å². The predicted octanol–water partition coefficient (Wildman–Crippen LogP) is 3.77. The standard InChI is InChI=1S/C20H20FN3O2/c1-13-2-3-15(18(25)10-13)19-14-5-8-22-11-16(14)17(23-24-19)4-6-20(21)7-9-26-12-20/h2-3,5,8,10-11,25H,4,6-7,9,12H2,1H3/t20-/m0/s1. The molecule has 5 nitrogen and oxygen atoms in total. The van der Waals surface area contributed by atoms with Gasteiger partial charge in [-0.3, -0.25) is 4.98 Å². The van der Waals surface area contributed by atoms with Gasteiger partial charge in [0.15, 0.2) is 0 Å². The molecule has 1 atom stereocenters. The Labute approximate surface area is 150 Å². The Hall–Kier alpha value is -2.60. The average Bonchev–Trinajstić information content (AvgIpc) is 3.07. The number of rotatable bonds is 4. The Balaban J connectivity index is 1.73. The first kappa shape index (κ1) is 16.8. The van der Waals surface area contributed by atoms with E-state index in [4.69, 9.17) is 4.74 Å². The van der Waals surface area contributed by atoms with Crippen molar-refractivity contribution < 1.29 is 14.2 Å². The summed E-state index contributed by atoms with van der Waals surface area (Å²) in [5.41, 5.74) is 1.62. The molecule has 0 radical (unpaired) electrons. The second-order valence-corrected chi connectivity index (χ2v) is 6.89. The summed E-state index contributed by atoms with van der Waals surface area (Å²) in [6, 6.07) is 7.31. The van der Waals surface area contributed by atoms with Gasteiger partial charge in [-0.25, -0.2) is 4.39 Å². The third kappa shape index (κ3) is 3.12. The average molecular weight is 353 g/mol. The van der Waals surface area contributed by atoms with Crippen LogP contribution in [0.5, 0.6) is 5.75 Å². The van der Waals surface area contributed by atoms with Crippen molar-refractivity contribution in [2.24, 2.45) is 0 Å². The molecule has 3 aromatic rings. The van der Waals surface area contributed by atoms with E-state index in [1.165, 1.54) is 0 Å². The van der Waals surface area contributed by atoms with Crippen molar-refractivity contribution in [2.45, 2.75) is 31.9 Å². The molecule has 0 saturated carbocycles. The summed E-state index contributed by atoms with van der Waals surface area (Å²) in [6.07, 6.45) is 4.65. The van der Waals surface area contributed by atoms with Gasteiger partial charge in [-0.1, -0.05) is 6.07 Å². The number of phenols is 1. The van der Waals surface area contributed by atoms with Gasteiger partial charge in [-0.05, 0) is 43.5 Å². The molecule has 1 N–H and O–H groups in total. The molecule has 0 bridgehead atoms. The van der Waals surface area contributed by atoms with Gasteiger partial charge in [0.1, 0.15) is 17.1 Å². The van der Waals surface area contributed by atoms with Crippen LogP contribution < -0.4 is 0 Å². The Kier molecular flexibility index (Phi) is 4.28. The Morgan fingerprint density at radius 3 is 2.88 bits per heavy atom. The molecule has 2 aromatic heterocycles. The van der Waals surface area contributed by atoms with Gasteiger partial charge >= 0.3 is 0 Å². The Morgan fingerprint density at radius 1 is 1.23 bits per heavy atom. The highest BCUT2D eigenvalue weighted by molar-refractivity contribution is 5.96. The zero-order valence-corrected chi connectivity index (χ0v) is 14.6. The SMILES string of the molecule is Cc1ccc(-c2nnc(CC[C@]3(F)CCOC3)c3cnccc23)c(O)c1. The minimum atomic E-state index is -1.29. The van der Waals surface area contributed by atoms with Crippen molar-refractivity contribution in [1.82, 2.24) is 15.2 Å². The summed E-state index contributed by atoms with van der Waals surface area (Å²) in [7, 11) is 0. The van der Waals surface area contributed by atoms with Gasteiger partial charge in [-0.15, -0.1) is 5.10 Å². The van der Waals surface area contributed by atoms with E-state index in [1.807, 2.05) is 25.1 Å². The lowest BCUT2D eigenvalue weighted by atomic mass is 9.96. The first-order valence-corrected chi connectivity index (χ1v) is 8.72. The number of nitrogens with zero attached hydrogens (tertiary/aromatic N) is 3. The second kappa shape index (κ2) is 6.61. The highest BCUT2D eigenvalue weighted by atomic mass is 19.1. The van der Waals surface area contributed by atoms with E-state index in [0.717, 1.165) is 16.3 Å². The maximum atomic E-state index is 14.6. The van der Waals surface area contributed by atoms with Crippen LogP contribution >= 0.6 is 0 Å². The summed E-state index contributed by atoms with van der Waals surface area (Å²) in [4.78, 5) is 4.19. The van der Waals surface area contributed by atoms with Crippen LogP contribution in [0.4, 0.5) is 4.39 Å². The molecular formula is C20H20FN3O2. The van der Waals surface area contributed by atoms with Crippen LogP contribution in [0, 0.1) is 6.92 Å². The summed E-state index contributed by atoms with van der Waals surface area (Å²) in [5.74, 6) is 0.163. The van der Waals surface area contributed by atoms with Crippen molar-refractivity contribution in [2.75, 3.05) is 13.2 Å². The zero-order chi connectivity index (χ0) is 18.1. The fourth-order valence-electron chi connectivity index (χ4n) is 3.40. The number of aromatic hydroxyl groups is 1. The van der Waals surface area contributed by atoms with Crippen LogP contribution in [0.2, 0.25) is 0 Å². The number of hydrogen-bond acceptors (Lipinski definition) is 5. The lowest BCUT2D eigenvalue weighted by Gasteiger charge is -2.17. The zero-order valence-electron chi connectivity index (χ0n) is 14.6. The normalized spacial score (nSPS) is 19.9. The quantitative estimate of drug-likeness (QED) is 0.773. The number of halogens is 1. The number of benzene rings is 1. The van der Waals surface area contributed by atoms with Crippen molar-refractivity contribution in [3.8, 4) is 17.0 Å². The third-order valence-electron chi connectivity index (χ3n) is 4.93. The minimum Gasteiger partial charge on any atom is -0.507 e. The van der Waals surface area contributed by atoms with Gasteiger partial charge in [-0.2, -0.15) is 5.10 Å². The van der Waals surface area contributed by atoms with Crippen LogP contribution in [0.15, 0.2) is 36.7 Å². The van der Waals surface area contributed by atoms with E-state index in [9.17, 15) is 9.50 Å². The number of fused-ring (bicyclic) bond motifs is 1. The molecule has 3 heterocycles. The monoisotopic (exact) mass is 353 g/mol. The fraction of sp³-hybridized carbons (Fsp3) is 0.350. The highest BCUT2D eigenvalue weighted by Crippen LogP contribution is 2.35. The fourth-order valence-corrected chi connectivity index (χ4v) is 3.40. The minimum absolute atomic E-state index is 0.145. The molecule has 26 heavy (non-hydrogen) atoms. The molecule has 0 unspecified atom stereocenters. The number of aryl methyl sites for hydroxylation is 2. The molecule has 0 aliphatic carbocycles. The molecule has 6 heteroatoms. The number of phenolic OH excluding ortho intramolecular Hbond substituents is 1. The maximum absolute atomic E-state index is 14.6. The number of pyridine rings is 1. The topological polar surface area (TPSA) is 68.1 Å². The summed E-state index contributed by atoms with van der Waals surface area (Å²) in [6.45, 7) is 2.53. The van der Waals surface area contributed by atoms with Crippen LogP contribution in [0.3, 0.4) is 0 Å². The number of ether oxygens (including phenoxy) is 1. The van der Waals surface area contributed by atoms with Gasteiger partial charge in [0.05, 0.1) is 12.3 Å². The first-order valence-electron chi connectivity index (χ1n) is 8.72. The summed E-state index contributed by atoms with van der Waals surface area (Å²) < 4.78 is 19.8. The van der Waals surface area contributed by atoms with E-state index in [-0.39, 0.29) is 12.4 Å². The highest BCUT2D eigenvalue weighted by Gasteiger charge is 2.34. The van der Waals surface area contributed by atoms with E-state index >= 15 is 0 Å². The van der Waals surface area contributed by atoms with Gasteiger partial charge in [0.25, 0.3) is 0 Å².